The summed E-state index contributed by atoms with van der Waals surface area (Å²) in [6.45, 7) is 1.95. The van der Waals surface area contributed by atoms with Gasteiger partial charge in [0, 0.05) is 17.8 Å². The number of aryl methyl sites for hydroxylation is 1. The second kappa shape index (κ2) is 6.37. The molecule has 0 saturated heterocycles. The van der Waals surface area contributed by atoms with Crippen molar-refractivity contribution in [3.63, 3.8) is 0 Å². The molecule has 3 aromatic rings. The lowest BCUT2D eigenvalue weighted by atomic mass is 10.1. The largest absolute Gasteiger partial charge is 0.496 e. The molecule has 0 bridgehead atoms. The number of ether oxygens (including phenoxy) is 1. The van der Waals surface area contributed by atoms with Crippen molar-refractivity contribution >= 4 is 29.3 Å². The lowest BCUT2D eigenvalue weighted by molar-refractivity contribution is -0.131. The van der Waals surface area contributed by atoms with Crippen molar-refractivity contribution in [1.82, 2.24) is 9.38 Å². The van der Waals surface area contributed by atoms with Crippen LogP contribution in [0.25, 0.3) is 23.0 Å². The number of rotatable bonds is 4. The van der Waals surface area contributed by atoms with Gasteiger partial charge in [0.15, 0.2) is 0 Å². The molecule has 0 radical (unpaired) electrons. The van der Waals surface area contributed by atoms with Gasteiger partial charge in [0.1, 0.15) is 11.4 Å². The highest BCUT2D eigenvalue weighted by molar-refractivity contribution is 6.30. The fourth-order valence-corrected chi connectivity index (χ4v) is 2.75. The van der Waals surface area contributed by atoms with Gasteiger partial charge in [0.05, 0.1) is 23.5 Å². The molecule has 0 atom stereocenters. The number of hydrogen-bond donors (Lipinski definition) is 1. The van der Waals surface area contributed by atoms with Crippen molar-refractivity contribution < 1.29 is 14.6 Å². The molecule has 0 aliphatic carbocycles. The van der Waals surface area contributed by atoms with Crippen molar-refractivity contribution in [2.24, 2.45) is 0 Å². The van der Waals surface area contributed by atoms with Crippen LogP contribution < -0.4 is 4.74 Å². The van der Waals surface area contributed by atoms with E-state index in [2.05, 4.69) is 4.98 Å². The Morgan fingerprint density at radius 3 is 2.79 bits per heavy atom. The van der Waals surface area contributed by atoms with Gasteiger partial charge in [-0.3, -0.25) is 4.40 Å². The van der Waals surface area contributed by atoms with E-state index in [1.165, 1.54) is 6.08 Å². The lowest BCUT2D eigenvalue weighted by Gasteiger charge is -2.07. The smallest absolute Gasteiger partial charge is 0.328 e. The summed E-state index contributed by atoms with van der Waals surface area (Å²) < 4.78 is 7.06. The Bertz CT molecular complexity index is 960. The van der Waals surface area contributed by atoms with E-state index in [-0.39, 0.29) is 0 Å². The van der Waals surface area contributed by atoms with Crippen molar-refractivity contribution in [1.29, 1.82) is 0 Å². The monoisotopic (exact) mass is 342 g/mol. The number of halogens is 1. The third-order valence-corrected chi connectivity index (χ3v) is 3.90. The number of aliphatic carboxylic acids is 1. The Balaban J connectivity index is 2.24. The van der Waals surface area contributed by atoms with Crippen LogP contribution in [0.15, 0.2) is 42.6 Å². The molecule has 0 spiro atoms. The van der Waals surface area contributed by atoms with E-state index in [0.29, 0.717) is 22.1 Å². The molecule has 0 fully saturated rings. The maximum atomic E-state index is 10.9. The summed E-state index contributed by atoms with van der Waals surface area (Å²) >= 11 is 6.07. The molecule has 2 aromatic heterocycles. The van der Waals surface area contributed by atoms with Crippen LogP contribution in [-0.4, -0.2) is 27.6 Å². The van der Waals surface area contributed by atoms with Crippen molar-refractivity contribution in [2.75, 3.05) is 7.11 Å². The van der Waals surface area contributed by atoms with Gasteiger partial charge in [0.25, 0.3) is 0 Å². The van der Waals surface area contributed by atoms with Gasteiger partial charge in [-0.15, -0.1) is 0 Å². The average Bonchev–Trinajstić information content (AvgIpc) is 2.90. The van der Waals surface area contributed by atoms with Crippen LogP contribution in [-0.2, 0) is 4.79 Å². The van der Waals surface area contributed by atoms with Crippen LogP contribution in [0.5, 0.6) is 5.75 Å². The molecule has 1 aromatic carbocycles. The third kappa shape index (κ3) is 2.98. The number of aromatic nitrogens is 2. The number of carboxylic acids is 1. The molecule has 1 N–H and O–H groups in total. The Labute approximate surface area is 143 Å². The molecule has 0 saturated carbocycles. The molecule has 122 valence electrons. The van der Waals surface area contributed by atoms with Gasteiger partial charge in [-0.1, -0.05) is 11.6 Å². The predicted molar refractivity (Wildman–Crippen MR) is 93.6 cm³/mol. The van der Waals surface area contributed by atoms with Gasteiger partial charge in [-0.25, -0.2) is 9.78 Å². The van der Waals surface area contributed by atoms with E-state index in [0.717, 1.165) is 23.0 Å². The summed E-state index contributed by atoms with van der Waals surface area (Å²) in [4.78, 5) is 15.5. The number of carboxylic acid groups (broad SMARTS) is 1. The van der Waals surface area contributed by atoms with Gasteiger partial charge < -0.3 is 9.84 Å². The number of hydrogen-bond acceptors (Lipinski definition) is 3. The minimum Gasteiger partial charge on any atom is -0.496 e. The topological polar surface area (TPSA) is 63.8 Å². The highest BCUT2D eigenvalue weighted by Gasteiger charge is 2.14. The molecule has 2 heterocycles. The highest BCUT2D eigenvalue weighted by atomic mass is 35.5. The molecule has 6 heteroatoms. The van der Waals surface area contributed by atoms with Crippen molar-refractivity contribution in [2.45, 2.75) is 6.92 Å². The Morgan fingerprint density at radius 1 is 1.33 bits per heavy atom. The predicted octanol–water partition coefficient (Wildman–Crippen LogP) is 4.07. The number of carbonyl (C=O) groups is 1. The Hall–Kier alpha value is -2.79. The summed E-state index contributed by atoms with van der Waals surface area (Å²) in [5, 5.41) is 9.50. The average molecular weight is 343 g/mol. The minimum atomic E-state index is -1.02. The van der Waals surface area contributed by atoms with Crippen LogP contribution in [0.3, 0.4) is 0 Å². The molecule has 5 nitrogen and oxygen atoms in total. The number of pyridine rings is 1. The van der Waals surface area contributed by atoms with E-state index < -0.39 is 5.97 Å². The van der Waals surface area contributed by atoms with Gasteiger partial charge in [0.2, 0.25) is 0 Å². The maximum absolute atomic E-state index is 10.9. The van der Waals surface area contributed by atoms with Crippen LogP contribution in [0, 0.1) is 6.92 Å². The summed E-state index contributed by atoms with van der Waals surface area (Å²) in [5.74, 6) is -0.239. The zero-order chi connectivity index (χ0) is 17.3. The number of benzene rings is 1. The molecule has 0 unspecified atom stereocenters. The normalized spacial score (nSPS) is 11.3. The highest BCUT2D eigenvalue weighted by Crippen LogP contribution is 2.30. The Morgan fingerprint density at radius 2 is 2.12 bits per heavy atom. The summed E-state index contributed by atoms with van der Waals surface area (Å²) in [5.41, 5.74) is 3.87. The molecule has 0 amide bonds. The van der Waals surface area contributed by atoms with Crippen LogP contribution in [0.2, 0.25) is 5.02 Å². The maximum Gasteiger partial charge on any atom is 0.328 e. The third-order valence-electron chi connectivity index (χ3n) is 3.67. The van der Waals surface area contributed by atoms with E-state index in [4.69, 9.17) is 21.4 Å². The summed E-state index contributed by atoms with van der Waals surface area (Å²) in [6.07, 6.45) is 4.32. The number of fused-ring (bicyclic) bond motifs is 1. The van der Waals surface area contributed by atoms with E-state index in [1.807, 2.05) is 25.1 Å². The second-order valence-corrected chi connectivity index (χ2v) is 5.71. The first-order valence-corrected chi connectivity index (χ1v) is 7.61. The summed E-state index contributed by atoms with van der Waals surface area (Å²) in [7, 11) is 1.62. The van der Waals surface area contributed by atoms with Crippen LogP contribution in [0.4, 0.5) is 0 Å². The van der Waals surface area contributed by atoms with Crippen LogP contribution >= 0.6 is 11.6 Å². The number of nitrogens with zero attached hydrogens (tertiary/aromatic N) is 2. The van der Waals surface area contributed by atoms with E-state index in [9.17, 15) is 4.79 Å². The SMILES string of the molecule is COc1ccc(-c2nc3ccc(Cl)cn3c2/C=C/C(=O)O)cc1C. The molecular formula is C18H15ClN2O3. The summed E-state index contributed by atoms with van der Waals surface area (Å²) in [6, 6.07) is 9.26. The van der Waals surface area contributed by atoms with Gasteiger partial charge in [-0.05, 0) is 48.9 Å². The first-order valence-electron chi connectivity index (χ1n) is 7.23. The first kappa shape index (κ1) is 16.1. The molecular weight excluding hydrogens is 328 g/mol. The van der Waals surface area contributed by atoms with E-state index >= 15 is 0 Å². The quantitative estimate of drug-likeness (QED) is 0.726. The number of methoxy groups -OCH3 is 1. The van der Waals surface area contributed by atoms with Gasteiger partial charge >= 0.3 is 5.97 Å². The van der Waals surface area contributed by atoms with Crippen molar-refractivity contribution in [3.8, 4) is 17.0 Å². The van der Waals surface area contributed by atoms with E-state index in [1.54, 1.807) is 29.8 Å². The fraction of sp³-hybridized carbons (Fsp3) is 0.111. The molecule has 0 aliphatic heterocycles. The second-order valence-electron chi connectivity index (χ2n) is 5.28. The lowest BCUT2D eigenvalue weighted by Crippen LogP contribution is -1.92. The first-order chi connectivity index (χ1) is 11.5. The molecule has 0 aliphatic rings. The number of imidazole rings is 1. The standard InChI is InChI=1S/C18H15ClN2O3/c1-11-9-12(3-6-15(11)24-2)18-14(5-8-17(22)23)21-10-13(19)4-7-16(21)20-18/h3-10H,1-2H3,(H,22,23)/b8-5+. The molecule has 24 heavy (non-hydrogen) atoms. The van der Waals surface area contributed by atoms with Gasteiger partial charge in [-0.2, -0.15) is 0 Å². The zero-order valence-corrected chi connectivity index (χ0v) is 13.9. The Kier molecular flexibility index (Phi) is 4.27. The molecule has 3 rings (SSSR count). The fourth-order valence-electron chi connectivity index (χ4n) is 2.58. The van der Waals surface area contributed by atoms with Crippen LogP contribution in [0.1, 0.15) is 11.3 Å². The minimum absolute atomic E-state index is 0.544. The zero-order valence-electron chi connectivity index (χ0n) is 13.2. The van der Waals surface area contributed by atoms with Crippen molar-refractivity contribution in [3.05, 3.63) is 58.9 Å².